The van der Waals surface area contributed by atoms with Crippen LogP contribution >= 0.6 is 11.5 Å². The molecular weight excluding hydrogens is 238 g/mol. The molecule has 1 heterocycles. The summed E-state index contributed by atoms with van der Waals surface area (Å²) in [6.45, 7) is 4.02. The van der Waals surface area contributed by atoms with Crippen molar-refractivity contribution in [1.29, 1.82) is 0 Å². The number of phenols is 1. The summed E-state index contributed by atoms with van der Waals surface area (Å²) in [6.07, 6.45) is 0. The summed E-state index contributed by atoms with van der Waals surface area (Å²) >= 11 is 1.17. The number of nitrogens with two attached hydrogens (primary N) is 1. The molecule has 0 bridgehead atoms. The van der Waals surface area contributed by atoms with Gasteiger partial charge < -0.3 is 15.6 Å². The normalized spacial score (nSPS) is 10.8. The van der Waals surface area contributed by atoms with E-state index >= 15 is 0 Å². The highest BCUT2D eigenvalue weighted by Gasteiger charge is 2.11. The number of anilines is 1. The lowest BCUT2D eigenvalue weighted by Gasteiger charge is -2.05. The third-order valence-electron chi connectivity index (χ3n) is 2.18. The van der Waals surface area contributed by atoms with Crippen LogP contribution in [0, 0.1) is 0 Å². The molecule has 0 unspecified atom stereocenters. The topological polar surface area (TPSA) is 81.3 Å². The lowest BCUT2D eigenvalue weighted by molar-refractivity contribution is 0.457. The summed E-state index contributed by atoms with van der Waals surface area (Å²) in [5.41, 5.74) is 5.88. The van der Waals surface area contributed by atoms with Gasteiger partial charge in [-0.1, -0.05) is 19.9 Å². The van der Waals surface area contributed by atoms with E-state index in [1.54, 1.807) is 12.1 Å². The summed E-state index contributed by atoms with van der Waals surface area (Å²) in [6, 6.07) is 4.83. The Balaban J connectivity index is 2.22. The molecule has 0 saturated carbocycles. The Bertz CT molecular complexity index is 525. The van der Waals surface area contributed by atoms with E-state index in [4.69, 9.17) is 10.5 Å². The molecule has 0 aliphatic carbocycles. The Kier molecular flexibility index (Phi) is 3.14. The van der Waals surface area contributed by atoms with Crippen LogP contribution in [0.15, 0.2) is 18.2 Å². The van der Waals surface area contributed by atoms with Crippen molar-refractivity contribution in [3.05, 3.63) is 24.0 Å². The molecule has 0 radical (unpaired) electrons. The molecule has 0 atom stereocenters. The fraction of sp³-hybridized carbons (Fsp3) is 0.273. The van der Waals surface area contributed by atoms with Crippen molar-refractivity contribution in [2.75, 3.05) is 5.73 Å². The maximum Gasteiger partial charge on any atom is 0.298 e. The smallest absolute Gasteiger partial charge is 0.298 e. The Morgan fingerprint density at radius 1 is 1.41 bits per heavy atom. The number of benzene rings is 1. The summed E-state index contributed by atoms with van der Waals surface area (Å²) in [5.74, 6) is 1.38. The molecule has 17 heavy (non-hydrogen) atoms. The van der Waals surface area contributed by atoms with Crippen LogP contribution in [0.3, 0.4) is 0 Å². The lowest BCUT2D eigenvalue weighted by atomic mass is 10.2. The van der Waals surface area contributed by atoms with Crippen LogP contribution in [0.4, 0.5) is 5.69 Å². The van der Waals surface area contributed by atoms with Crippen molar-refractivity contribution in [1.82, 2.24) is 9.36 Å². The number of hydrogen-bond acceptors (Lipinski definition) is 6. The van der Waals surface area contributed by atoms with Crippen LogP contribution in [0.25, 0.3) is 0 Å². The van der Waals surface area contributed by atoms with Crippen molar-refractivity contribution in [3.63, 3.8) is 0 Å². The zero-order valence-electron chi connectivity index (χ0n) is 9.54. The number of aromatic hydroxyl groups is 1. The quantitative estimate of drug-likeness (QED) is 0.647. The van der Waals surface area contributed by atoms with Gasteiger partial charge in [-0.3, -0.25) is 0 Å². The van der Waals surface area contributed by atoms with Crippen LogP contribution < -0.4 is 10.5 Å². The van der Waals surface area contributed by atoms with Crippen molar-refractivity contribution >= 4 is 17.2 Å². The first-order valence-electron chi connectivity index (χ1n) is 5.17. The Morgan fingerprint density at radius 2 is 2.18 bits per heavy atom. The first kappa shape index (κ1) is 11.7. The van der Waals surface area contributed by atoms with Crippen LogP contribution in [-0.4, -0.2) is 14.5 Å². The maximum absolute atomic E-state index is 9.43. The van der Waals surface area contributed by atoms with E-state index in [1.165, 1.54) is 17.6 Å². The molecular formula is C11H13N3O2S. The predicted molar refractivity (Wildman–Crippen MR) is 66.6 cm³/mol. The second kappa shape index (κ2) is 4.58. The number of para-hydroxylation sites is 1. The van der Waals surface area contributed by atoms with Crippen LogP contribution in [0.2, 0.25) is 0 Å². The average Bonchev–Trinajstić information content (AvgIpc) is 2.73. The minimum Gasteiger partial charge on any atom is -0.506 e. The fourth-order valence-corrected chi connectivity index (χ4v) is 1.90. The van der Waals surface area contributed by atoms with Gasteiger partial charge in [0.2, 0.25) is 0 Å². The second-order valence-electron chi connectivity index (χ2n) is 3.86. The van der Waals surface area contributed by atoms with E-state index in [0.29, 0.717) is 10.9 Å². The monoisotopic (exact) mass is 251 g/mol. The average molecular weight is 251 g/mol. The molecule has 5 nitrogen and oxygen atoms in total. The van der Waals surface area contributed by atoms with Gasteiger partial charge in [0, 0.05) is 17.5 Å². The molecule has 0 saturated heterocycles. The van der Waals surface area contributed by atoms with Gasteiger partial charge >= 0.3 is 0 Å². The van der Waals surface area contributed by atoms with Crippen LogP contribution in [0.1, 0.15) is 25.6 Å². The summed E-state index contributed by atoms with van der Waals surface area (Å²) in [4.78, 5) is 4.22. The number of nitrogen functional groups attached to an aromatic ring is 1. The van der Waals surface area contributed by atoms with Crippen molar-refractivity contribution in [2.45, 2.75) is 19.8 Å². The van der Waals surface area contributed by atoms with E-state index in [2.05, 4.69) is 9.36 Å². The number of aromatic nitrogens is 2. The van der Waals surface area contributed by atoms with Crippen molar-refractivity contribution < 1.29 is 9.84 Å². The van der Waals surface area contributed by atoms with Crippen LogP contribution in [-0.2, 0) is 0 Å². The highest BCUT2D eigenvalue weighted by molar-refractivity contribution is 7.07. The van der Waals surface area contributed by atoms with E-state index in [0.717, 1.165) is 5.82 Å². The van der Waals surface area contributed by atoms with Gasteiger partial charge in [0.05, 0.1) is 0 Å². The predicted octanol–water partition coefficient (Wildman–Crippen LogP) is 2.74. The van der Waals surface area contributed by atoms with Gasteiger partial charge in [-0.15, -0.1) is 0 Å². The van der Waals surface area contributed by atoms with Gasteiger partial charge in [0.25, 0.3) is 5.19 Å². The minimum atomic E-state index is -0.00361. The summed E-state index contributed by atoms with van der Waals surface area (Å²) in [7, 11) is 0. The molecule has 0 spiro atoms. The molecule has 1 aromatic carbocycles. The molecule has 90 valence electrons. The fourth-order valence-electron chi connectivity index (χ4n) is 1.21. The third kappa shape index (κ3) is 2.47. The largest absolute Gasteiger partial charge is 0.506 e. The van der Waals surface area contributed by atoms with Crippen molar-refractivity contribution in [2.24, 2.45) is 0 Å². The van der Waals surface area contributed by atoms with Gasteiger partial charge in [0.1, 0.15) is 17.3 Å². The molecule has 0 aliphatic heterocycles. The first-order valence-corrected chi connectivity index (χ1v) is 5.94. The van der Waals surface area contributed by atoms with Gasteiger partial charge in [-0.2, -0.15) is 9.36 Å². The Hall–Kier alpha value is -1.82. The molecule has 2 aromatic rings. The summed E-state index contributed by atoms with van der Waals surface area (Å²) in [5, 5.41) is 9.86. The second-order valence-corrected chi connectivity index (χ2v) is 4.58. The van der Waals surface area contributed by atoms with E-state index in [1.807, 2.05) is 13.8 Å². The molecule has 0 aliphatic rings. The highest BCUT2D eigenvalue weighted by Crippen LogP contribution is 2.34. The van der Waals surface area contributed by atoms with E-state index in [-0.39, 0.29) is 17.4 Å². The SMILES string of the molecule is CC(C)c1nsc(Oc2cccc(O)c2N)n1. The molecule has 6 heteroatoms. The molecule has 0 fully saturated rings. The van der Waals surface area contributed by atoms with E-state index < -0.39 is 0 Å². The number of hydrogen-bond donors (Lipinski definition) is 2. The molecule has 2 rings (SSSR count). The zero-order valence-corrected chi connectivity index (χ0v) is 10.4. The number of phenolic OH excluding ortho intramolecular Hbond substituents is 1. The van der Waals surface area contributed by atoms with E-state index in [9.17, 15) is 5.11 Å². The Labute approximate surface area is 103 Å². The summed E-state index contributed by atoms with van der Waals surface area (Å²) < 4.78 is 9.65. The van der Waals surface area contributed by atoms with Gasteiger partial charge in [-0.05, 0) is 12.1 Å². The standard InChI is InChI=1S/C11H13N3O2S/c1-6(2)10-13-11(17-14-10)16-8-5-3-4-7(15)9(8)12/h3-6,15H,12H2,1-2H3. The molecule has 1 aromatic heterocycles. The lowest BCUT2D eigenvalue weighted by Crippen LogP contribution is -1.93. The zero-order chi connectivity index (χ0) is 12.4. The minimum absolute atomic E-state index is 0.00361. The first-order chi connectivity index (χ1) is 8.08. The number of nitrogens with zero attached hydrogens (tertiary/aromatic N) is 2. The molecule has 3 N–H and O–H groups in total. The maximum atomic E-state index is 9.43. The Morgan fingerprint density at radius 3 is 2.82 bits per heavy atom. The van der Waals surface area contributed by atoms with Crippen LogP contribution in [0.5, 0.6) is 16.7 Å². The van der Waals surface area contributed by atoms with Crippen molar-refractivity contribution in [3.8, 4) is 16.7 Å². The highest BCUT2D eigenvalue weighted by atomic mass is 32.1. The third-order valence-corrected chi connectivity index (χ3v) is 2.79. The number of rotatable bonds is 3. The molecule has 0 amide bonds. The van der Waals surface area contributed by atoms with Gasteiger partial charge in [0.15, 0.2) is 5.75 Å². The van der Waals surface area contributed by atoms with Gasteiger partial charge in [-0.25, -0.2) is 0 Å². The number of ether oxygens (including phenoxy) is 1.